The second-order valence-corrected chi connectivity index (χ2v) is 8.06. The molecule has 5 unspecified atom stereocenters. The zero-order valence-corrected chi connectivity index (χ0v) is 17.0. The van der Waals surface area contributed by atoms with Gasteiger partial charge in [0, 0.05) is 4.91 Å². The van der Waals surface area contributed by atoms with E-state index in [4.69, 9.17) is 19.7 Å². The van der Waals surface area contributed by atoms with Gasteiger partial charge in [0.2, 0.25) is 0 Å². The average Bonchev–Trinajstić information content (AvgIpc) is 2.60. The van der Waals surface area contributed by atoms with E-state index in [9.17, 15) is 4.79 Å². The Labute approximate surface area is 156 Å². The molecule has 0 spiro atoms. The first-order valence-corrected chi connectivity index (χ1v) is 9.73. The number of hydrogen-bond acceptors (Lipinski definition) is 5. The van der Waals surface area contributed by atoms with E-state index in [1.807, 2.05) is 6.92 Å². The molecule has 0 aromatic rings. The maximum absolute atomic E-state index is 12.2. The predicted molar refractivity (Wildman–Crippen MR) is 98.4 cm³/mol. The molecular formula is C19H33N3O4. The molecule has 0 saturated carbocycles. The van der Waals surface area contributed by atoms with Crippen molar-refractivity contribution < 1.29 is 19.0 Å². The highest BCUT2D eigenvalue weighted by molar-refractivity contribution is 5.81. The molecule has 2 aliphatic rings. The fourth-order valence-electron chi connectivity index (χ4n) is 4.19. The molecule has 26 heavy (non-hydrogen) atoms. The molecule has 148 valence electrons. The molecule has 2 fully saturated rings. The Morgan fingerprint density at radius 1 is 1.08 bits per heavy atom. The number of carbonyl (C=O) groups is 1. The van der Waals surface area contributed by atoms with Crippen LogP contribution >= 0.6 is 0 Å². The van der Waals surface area contributed by atoms with Crippen molar-refractivity contribution in [1.82, 2.24) is 0 Å². The zero-order chi connectivity index (χ0) is 19.6. The fraction of sp³-hybridized carbons (Fsp3) is 0.947. The summed E-state index contributed by atoms with van der Waals surface area (Å²) in [6, 6.07) is -0.424. The molecular weight excluding hydrogens is 334 g/mol. The van der Waals surface area contributed by atoms with Crippen molar-refractivity contribution in [2.75, 3.05) is 0 Å². The third kappa shape index (κ3) is 4.06. The van der Waals surface area contributed by atoms with Crippen molar-refractivity contribution in [2.24, 2.45) is 28.8 Å². The lowest BCUT2D eigenvalue weighted by Gasteiger charge is -2.48. The Balaban J connectivity index is 2.28. The fourth-order valence-corrected chi connectivity index (χ4v) is 4.19. The summed E-state index contributed by atoms with van der Waals surface area (Å²) in [7, 11) is 0. The molecule has 0 aromatic heterocycles. The Hall–Kier alpha value is -1.14. The maximum Gasteiger partial charge on any atom is 0.167 e. The third-order valence-electron chi connectivity index (χ3n) is 6.57. The number of carbonyl (C=O) groups excluding carboxylic acids is 1. The summed E-state index contributed by atoms with van der Waals surface area (Å²) in [5, 5.41) is 3.96. The lowest BCUT2D eigenvalue weighted by atomic mass is 9.80. The minimum atomic E-state index is -0.666. The molecule has 7 heteroatoms. The Kier molecular flexibility index (Phi) is 7.08. The molecule has 10 atom stereocenters. The van der Waals surface area contributed by atoms with Gasteiger partial charge in [0.15, 0.2) is 12.1 Å². The van der Waals surface area contributed by atoms with Crippen LogP contribution in [0.15, 0.2) is 5.11 Å². The van der Waals surface area contributed by atoms with E-state index in [1.54, 1.807) is 0 Å². The molecule has 2 rings (SSSR count). The van der Waals surface area contributed by atoms with E-state index in [2.05, 4.69) is 44.6 Å². The van der Waals surface area contributed by atoms with Gasteiger partial charge in [-0.25, -0.2) is 0 Å². The number of ether oxygens (including phenoxy) is 3. The van der Waals surface area contributed by atoms with E-state index >= 15 is 0 Å². The molecule has 0 bridgehead atoms. The van der Waals surface area contributed by atoms with E-state index < -0.39 is 24.5 Å². The molecule has 0 radical (unpaired) electrons. The number of rotatable bonds is 5. The van der Waals surface area contributed by atoms with Gasteiger partial charge in [-0.3, -0.25) is 4.79 Å². The highest BCUT2D eigenvalue weighted by atomic mass is 16.7. The summed E-state index contributed by atoms with van der Waals surface area (Å²) < 4.78 is 18.4. The van der Waals surface area contributed by atoms with Crippen LogP contribution in [0.2, 0.25) is 0 Å². The van der Waals surface area contributed by atoms with Crippen molar-refractivity contribution in [3.05, 3.63) is 10.4 Å². The summed E-state index contributed by atoms with van der Waals surface area (Å²) in [6.45, 7) is 14.0. The molecule has 0 aliphatic carbocycles. The average molecular weight is 367 g/mol. The van der Waals surface area contributed by atoms with Crippen LogP contribution < -0.4 is 0 Å². The maximum atomic E-state index is 12.2. The molecule has 0 amide bonds. The van der Waals surface area contributed by atoms with Gasteiger partial charge >= 0.3 is 0 Å². The summed E-state index contributed by atoms with van der Waals surface area (Å²) >= 11 is 0. The molecule has 0 N–H and O–H groups in total. The van der Waals surface area contributed by atoms with Crippen LogP contribution in [0, 0.1) is 23.7 Å². The van der Waals surface area contributed by atoms with Crippen LogP contribution in [0.25, 0.3) is 10.4 Å². The van der Waals surface area contributed by atoms with Gasteiger partial charge in [-0.1, -0.05) is 39.7 Å². The molecule has 7 nitrogen and oxygen atoms in total. The van der Waals surface area contributed by atoms with Crippen LogP contribution in [0.3, 0.4) is 0 Å². The molecule has 2 heterocycles. The van der Waals surface area contributed by atoms with Crippen molar-refractivity contribution in [3.8, 4) is 0 Å². The minimum Gasteiger partial charge on any atom is -0.364 e. The van der Waals surface area contributed by atoms with Gasteiger partial charge in [0.25, 0.3) is 0 Å². The molecule has 0 aromatic carbocycles. The normalized spacial score (nSPS) is 46.4. The van der Waals surface area contributed by atoms with Gasteiger partial charge < -0.3 is 14.2 Å². The second-order valence-electron chi connectivity index (χ2n) is 8.06. The minimum absolute atomic E-state index is 0.0127. The van der Waals surface area contributed by atoms with Gasteiger partial charge in [-0.05, 0) is 49.5 Å². The SMILES string of the molecule is CCC1O[C@@H](O[C@@H]2C(C(C)=O)OC(C)C(C)[C@H]2C)C(N=[N+]=[N-])[C@@H](C)[C@@H]1C. The smallest absolute Gasteiger partial charge is 0.167 e. The van der Waals surface area contributed by atoms with Crippen LogP contribution in [0.1, 0.15) is 54.9 Å². The highest BCUT2D eigenvalue weighted by Crippen LogP contribution is 2.39. The zero-order valence-electron chi connectivity index (χ0n) is 17.0. The van der Waals surface area contributed by atoms with Crippen molar-refractivity contribution in [2.45, 2.75) is 91.6 Å². The predicted octanol–water partition coefficient (Wildman–Crippen LogP) is 4.11. The van der Waals surface area contributed by atoms with Gasteiger partial charge in [-0.2, -0.15) is 0 Å². The number of nitrogens with zero attached hydrogens (tertiary/aromatic N) is 3. The first kappa shape index (κ1) is 21.2. The lowest BCUT2D eigenvalue weighted by molar-refractivity contribution is -0.283. The summed E-state index contributed by atoms with van der Waals surface area (Å²) in [5.41, 5.74) is 9.01. The summed E-state index contributed by atoms with van der Waals surface area (Å²) in [6.07, 6.45) is -0.831. The van der Waals surface area contributed by atoms with Gasteiger partial charge in [-0.15, -0.1) is 0 Å². The monoisotopic (exact) mass is 367 g/mol. The van der Waals surface area contributed by atoms with E-state index in [0.29, 0.717) is 0 Å². The quantitative estimate of drug-likeness (QED) is 0.415. The standard InChI is InChI=1S/C19H33N3O4/c1-8-15-10(3)11(4)16(21-22-20)19(25-15)26-17-12(5)9(2)14(7)24-18(17)13(6)23/h9-12,14-19H,8H2,1-7H3/t9?,10-,11-,12+,14?,15?,16?,17-,18?,19-/m0/s1. The Morgan fingerprint density at radius 3 is 2.27 bits per heavy atom. The highest BCUT2D eigenvalue weighted by Gasteiger charge is 2.47. The Morgan fingerprint density at radius 2 is 1.73 bits per heavy atom. The van der Waals surface area contributed by atoms with Crippen LogP contribution in [-0.2, 0) is 19.0 Å². The first-order chi connectivity index (χ1) is 12.2. The van der Waals surface area contributed by atoms with Crippen molar-refractivity contribution in [1.29, 1.82) is 0 Å². The number of ketones is 1. The van der Waals surface area contributed by atoms with E-state index in [0.717, 1.165) is 6.42 Å². The Bertz CT molecular complexity index is 551. The van der Waals surface area contributed by atoms with E-state index in [-0.39, 0.29) is 41.7 Å². The van der Waals surface area contributed by atoms with Crippen LogP contribution in [-0.4, -0.2) is 42.5 Å². The van der Waals surface area contributed by atoms with Crippen molar-refractivity contribution in [3.63, 3.8) is 0 Å². The lowest BCUT2D eigenvalue weighted by Crippen LogP contribution is -2.57. The first-order valence-electron chi connectivity index (χ1n) is 9.73. The third-order valence-corrected chi connectivity index (χ3v) is 6.57. The molecule has 2 saturated heterocycles. The summed E-state index contributed by atoms with van der Waals surface area (Å²) in [5.74, 6) is 0.706. The van der Waals surface area contributed by atoms with E-state index in [1.165, 1.54) is 6.92 Å². The topological polar surface area (TPSA) is 93.5 Å². The number of azide groups is 1. The van der Waals surface area contributed by atoms with Crippen LogP contribution in [0.4, 0.5) is 0 Å². The largest absolute Gasteiger partial charge is 0.364 e. The second kappa shape index (κ2) is 8.70. The summed E-state index contributed by atoms with van der Waals surface area (Å²) in [4.78, 5) is 15.2. The van der Waals surface area contributed by atoms with Gasteiger partial charge in [0.1, 0.15) is 6.10 Å². The molecule has 2 aliphatic heterocycles. The van der Waals surface area contributed by atoms with Crippen LogP contribution in [0.5, 0.6) is 0 Å². The number of Topliss-reactive ketones (excluding diaryl/α,β-unsaturated/α-hetero) is 1. The van der Waals surface area contributed by atoms with Gasteiger partial charge in [0.05, 0.1) is 24.4 Å². The number of hydrogen-bond donors (Lipinski definition) is 0. The van der Waals surface area contributed by atoms with Crippen molar-refractivity contribution >= 4 is 5.78 Å².